The Bertz CT molecular complexity index is 1190. The summed E-state index contributed by atoms with van der Waals surface area (Å²) >= 11 is 0. The zero-order valence-electron chi connectivity index (χ0n) is 16.3. The molecule has 0 radical (unpaired) electrons. The summed E-state index contributed by atoms with van der Waals surface area (Å²) in [6, 6.07) is 14.4. The van der Waals surface area contributed by atoms with Crippen molar-refractivity contribution in [2.24, 2.45) is 12.2 Å². The van der Waals surface area contributed by atoms with Crippen LogP contribution in [0.1, 0.15) is 27.8 Å². The molecule has 0 aliphatic carbocycles. The van der Waals surface area contributed by atoms with Gasteiger partial charge in [-0.25, -0.2) is 18.4 Å². The molecule has 1 aromatic heterocycles. The Balaban J connectivity index is 2.00. The Morgan fingerprint density at radius 1 is 1.10 bits per heavy atom. The molecule has 1 heterocycles. The molecule has 3 N–H and O–H groups in total. The molecule has 0 spiro atoms. The average molecular weight is 428 g/mol. The van der Waals surface area contributed by atoms with Crippen molar-refractivity contribution in [3.8, 4) is 11.3 Å². The van der Waals surface area contributed by atoms with Crippen LogP contribution in [0.3, 0.4) is 0 Å². The van der Waals surface area contributed by atoms with E-state index in [1.807, 2.05) is 18.2 Å². The molecule has 3 rings (SSSR count). The Labute approximate surface area is 173 Å². The van der Waals surface area contributed by atoms with Crippen LogP contribution in [0.4, 0.5) is 5.69 Å². The summed E-state index contributed by atoms with van der Waals surface area (Å²) in [5.74, 6) is -1.31. The molecule has 3 aromatic rings. The average Bonchev–Trinajstić information content (AvgIpc) is 3.06. The number of rotatable bonds is 6. The van der Waals surface area contributed by atoms with Gasteiger partial charge in [-0.1, -0.05) is 30.3 Å². The quantitative estimate of drug-likeness (QED) is 0.578. The first-order chi connectivity index (χ1) is 14.2. The number of benzene rings is 2. The second-order valence-electron chi connectivity index (χ2n) is 6.31. The Hall–Kier alpha value is -3.50. The summed E-state index contributed by atoms with van der Waals surface area (Å²) in [7, 11) is -2.22. The van der Waals surface area contributed by atoms with E-state index in [2.05, 4.69) is 10.4 Å². The van der Waals surface area contributed by atoms with Crippen LogP contribution in [0.2, 0.25) is 0 Å². The van der Waals surface area contributed by atoms with Gasteiger partial charge in [0.05, 0.1) is 17.2 Å². The fourth-order valence-electron chi connectivity index (χ4n) is 2.92. The lowest BCUT2D eigenvalue weighted by Gasteiger charge is -2.08. The van der Waals surface area contributed by atoms with E-state index < -0.39 is 21.9 Å². The van der Waals surface area contributed by atoms with Gasteiger partial charge >= 0.3 is 5.97 Å². The number of carbonyl (C=O) groups excluding carboxylic acids is 2. The molecule has 0 atom stereocenters. The van der Waals surface area contributed by atoms with Gasteiger partial charge < -0.3 is 10.1 Å². The van der Waals surface area contributed by atoms with Crippen LogP contribution in [-0.4, -0.2) is 36.7 Å². The first-order valence-corrected chi connectivity index (χ1v) is 10.5. The van der Waals surface area contributed by atoms with Crippen molar-refractivity contribution < 1.29 is 22.7 Å². The minimum Gasteiger partial charge on any atom is -0.462 e. The van der Waals surface area contributed by atoms with E-state index in [1.54, 1.807) is 26.1 Å². The van der Waals surface area contributed by atoms with Gasteiger partial charge in [0, 0.05) is 18.3 Å². The lowest BCUT2D eigenvalue weighted by atomic mass is 10.1. The molecule has 0 aliphatic heterocycles. The van der Waals surface area contributed by atoms with Gasteiger partial charge in [-0.15, -0.1) is 0 Å². The predicted octanol–water partition coefficient (Wildman–Crippen LogP) is 2.16. The second kappa shape index (κ2) is 8.47. The lowest BCUT2D eigenvalue weighted by Crippen LogP contribution is -2.18. The second-order valence-corrected chi connectivity index (χ2v) is 7.87. The molecule has 10 heteroatoms. The number of amides is 1. The molecule has 156 valence electrons. The number of hydrogen-bond acceptors (Lipinski definition) is 6. The Kier molecular flexibility index (Phi) is 5.99. The molecule has 0 saturated carbocycles. The predicted molar refractivity (Wildman–Crippen MR) is 110 cm³/mol. The highest BCUT2D eigenvalue weighted by Crippen LogP contribution is 2.27. The van der Waals surface area contributed by atoms with Crippen molar-refractivity contribution in [3.05, 3.63) is 65.9 Å². The third kappa shape index (κ3) is 4.39. The number of nitrogens with two attached hydrogens (primary N) is 1. The highest BCUT2D eigenvalue weighted by atomic mass is 32.2. The van der Waals surface area contributed by atoms with Crippen LogP contribution in [0.5, 0.6) is 0 Å². The molecule has 0 aliphatic rings. The van der Waals surface area contributed by atoms with Gasteiger partial charge in [0.25, 0.3) is 5.91 Å². The van der Waals surface area contributed by atoms with Gasteiger partial charge in [0.1, 0.15) is 5.56 Å². The van der Waals surface area contributed by atoms with Crippen LogP contribution in [0.15, 0.2) is 59.5 Å². The number of esters is 1. The number of hydrogen-bond donors (Lipinski definition) is 2. The number of carbonyl (C=O) groups is 2. The Morgan fingerprint density at radius 2 is 1.73 bits per heavy atom. The van der Waals surface area contributed by atoms with E-state index in [0.29, 0.717) is 16.9 Å². The van der Waals surface area contributed by atoms with Crippen LogP contribution in [-0.2, 0) is 21.8 Å². The molecule has 2 aromatic carbocycles. The number of aryl methyl sites for hydroxylation is 1. The lowest BCUT2D eigenvalue weighted by molar-refractivity contribution is 0.0524. The number of primary sulfonamides is 1. The SMILES string of the molecule is CCOC(=O)c1c(C(=O)Nc2ccc(S(N)(=O)=O)cc2)nn(C)c1-c1ccccc1. The fourth-order valence-corrected chi connectivity index (χ4v) is 3.44. The van der Waals surface area contributed by atoms with Crippen molar-refractivity contribution in [1.29, 1.82) is 0 Å². The number of sulfonamides is 1. The maximum Gasteiger partial charge on any atom is 0.342 e. The van der Waals surface area contributed by atoms with E-state index in [1.165, 1.54) is 28.9 Å². The molecular formula is C20H20N4O5S. The standard InChI is InChI=1S/C20H20N4O5S/c1-3-29-20(26)16-17(23-24(2)18(16)13-7-5-4-6-8-13)19(25)22-14-9-11-15(12-10-14)30(21,27)28/h4-12H,3H2,1-2H3,(H,22,25)(H2,21,27,28). The van der Waals surface area contributed by atoms with E-state index in [0.717, 1.165) is 0 Å². The summed E-state index contributed by atoms with van der Waals surface area (Å²) in [6.45, 7) is 1.81. The third-order valence-electron chi connectivity index (χ3n) is 4.23. The molecule has 0 bridgehead atoms. The summed E-state index contributed by atoms with van der Waals surface area (Å²) in [6.07, 6.45) is 0. The van der Waals surface area contributed by atoms with Gasteiger partial charge in [0.15, 0.2) is 5.69 Å². The highest BCUT2D eigenvalue weighted by Gasteiger charge is 2.29. The smallest absolute Gasteiger partial charge is 0.342 e. The zero-order chi connectivity index (χ0) is 21.9. The normalized spacial score (nSPS) is 11.2. The molecule has 1 amide bonds. The summed E-state index contributed by atoms with van der Waals surface area (Å²) in [4.78, 5) is 25.4. The van der Waals surface area contributed by atoms with E-state index in [4.69, 9.17) is 9.88 Å². The van der Waals surface area contributed by atoms with Crippen LogP contribution in [0.25, 0.3) is 11.3 Å². The van der Waals surface area contributed by atoms with Gasteiger partial charge in [-0.3, -0.25) is 9.48 Å². The van der Waals surface area contributed by atoms with Crippen molar-refractivity contribution >= 4 is 27.6 Å². The summed E-state index contributed by atoms with van der Waals surface area (Å²) in [5, 5.41) is 11.9. The largest absolute Gasteiger partial charge is 0.462 e. The first-order valence-electron chi connectivity index (χ1n) is 8.96. The topological polar surface area (TPSA) is 133 Å². The molecular weight excluding hydrogens is 408 g/mol. The third-order valence-corrected chi connectivity index (χ3v) is 5.16. The van der Waals surface area contributed by atoms with Gasteiger partial charge in [0.2, 0.25) is 10.0 Å². The number of nitrogens with zero attached hydrogens (tertiary/aromatic N) is 2. The molecule has 30 heavy (non-hydrogen) atoms. The van der Waals surface area contributed by atoms with Crippen molar-refractivity contribution in [1.82, 2.24) is 9.78 Å². The van der Waals surface area contributed by atoms with E-state index >= 15 is 0 Å². The van der Waals surface area contributed by atoms with Crippen LogP contribution in [0, 0.1) is 0 Å². The fraction of sp³-hybridized carbons (Fsp3) is 0.150. The maximum absolute atomic E-state index is 12.9. The van der Waals surface area contributed by atoms with Crippen molar-refractivity contribution in [2.75, 3.05) is 11.9 Å². The summed E-state index contributed by atoms with van der Waals surface area (Å²) in [5.41, 5.74) is 1.40. The highest BCUT2D eigenvalue weighted by molar-refractivity contribution is 7.89. The minimum atomic E-state index is -3.85. The number of nitrogens with one attached hydrogen (secondary N) is 1. The van der Waals surface area contributed by atoms with E-state index in [-0.39, 0.29) is 22.8 Å². The van der Waals surface area contributed by atoms with Crippen molar-refractivity contribution in [2.45, 2.75) is 11.8 Å². The zero-order valence-corrected chi connectivity index (χ0v) is 17.1. The first kappa shape index (κ1) is 21.2. The van der Waals surface area contributed by atoms with Crippen LogP contribution >= 0.6 is 0 Å². The number of anilines is 1. The monoisotopic (exact) mass is 428 g/mol. The van der Waals surface area contributed by atoms with Crippen molar-refractivity contribution in [3.63, 3.8) is 0 Å². The molecule has 0 saturated heterocycles. The Morgan fingerprint density at radius 3 is 2.30 bits per heavy atom. The molecule has 0 fully saturated rings. The van der Waals surface area contributed by atoms with E-state index in [9.17, 15) is 18.0 Å². The summed E-state index contributed by atoms with van der Waals surface area (Å²) < 4.78 is 29.3. The molecule has 0 unspecified atom stereocenters. The van der Waals surface area contributed by atoms with Crippen LogP contribution < -0.4 is 10.5 Å². The number of ether oxygens (including phenoxy) is 1. The van der Waals surface area contributed by atoms with Gasteiger partial charge in [-0.2, -0.15) is 5.10 Å². The molecule has 9 nitrogen and oxygen atoms in total. The number of aromatic nitrogens is 2. The van der Waals surface area contributed by atoms with Gasteiger partial charge in [-0.05, 0) is 31.2 Å². The minimum absolute atomic E-state index is 0.0456. The maximum atomic E-state index is 12.9.